The highest BCUT2D eigenvalue weighted by molar-refractivity contribution is 7.99. The molecule has 3 aromatic carbocycles. The van der Waals surface area contributed by atoms with Gasteiger partial charge in [-0.1, -0.05) is 49.0 Å². The van der Waals surface area contributed by atoms with Gasteiger partial charge in [-0.25, -0.2) is 4.98 Å². The molecule has 0 spiro atoms. The molecule has 1 N–H and O–H groups in total. The fourth-order valence-electron chi connectivity index (χ4n) is 3.73. The molecule has 1 amide bonds. The van der Waals surface area contributed by atoms with Crippen molar-refractivity contribution in [1.29, 1.82) is 0 Å². The van der Waals surface area contributed by atoms with Gasteiger partial charge in [0, 0.05) is 6.07 Å². The summed E-state index contributed by atoms with van der Waals surface area (Å²) in [6, 6.07) is 17.7. The Bertz CT molecular complexity index is 1500. The summed E-state index contributed by atoms with van der Waals surface area (Å²) >= 11 is 1.10. The number of carbonyl (C=O) groups is 1. The number of para-hydroxylation sites is 1. The lowest BCUT2D eigenvalue weighted by Gasteiger charge is -2.14. The lowest BCUT2D eigenvalue weighted by Crippen LogP contribution is -2.23. The third kappa shape index (κ3) is 4.95. The minimum absolute atomic E-state index is 0.0810. The normalized spacial score (nSPS) is 10.9. The number of aromatic nitrogens is 2. The van der Waals surface area contributed by atoms with E-state index in [0.29, 0.717) is 27.3 Å². The number of fused-ring (bicyclic) bond motifs is 1. The van der Waals surface area contributed by atoms with E-state index in [1.54, 1.807) is 37.3 Å². The van der Waals surface area contributed by atoms with E-state index < -0.39 is 10.8 Å². The lowest BCUT2D eigenvalue weighted by atomic mass is 10.1. The number of aryl methyl sites for hydroxylation is 2. The summed E-state index contributed by atoms with van der Waals surface area (Å²) in [5.41, 5.74) is 3.58. The fraction of sp³-hybridized carbons (Fsp3) is 0.192. The monoisotopic (exact) mass is 488 g/mol. The van der Waals surface area contributed by atoms with Crippen molar-refractivity contribution in [1.82, 2.24) is 9.55 Å². The summed E-state index contributed by atoms with van der Waals surface area (Å²) < 4.78 is 1.50. The van der Waals surface area contributed by atoms with Crippen LogP contribution in [0.4, 0.5) is 11.4 Å². The van der Waals surface area contributed by atoms with Gasteiger partial charge in [0.1, 0.15) is 5.69 Å². The van der Waals surface area contributed by atoms with Crippen LogP contribution in [-0.2, 0) is 11.2 Å². The summed E-state index contributed by atoms with van der Waals surface area (Å²) in [5.74, 6) is -0.510. The van der Waals surface area contributed by atoms with Crippen molar-refractivity contribution >= 4 is 39.9 Å². The minimum Gasteiger partial charge on any atom is -0.319 e. The van der Waals surface area contributed by atoms with Crippen LogP contribution in [0.2, 0.25) is 0 Å². The van der Waals surface area contributed by atoms with E-state index in [-0.39, 0.29) is 22.7 Å². The number of nitro groups is 1. The largest absolute Gasteiger partial charge is 0.319 e. The Labute approximate surface area is 206 Å². The average molecular weight is 489 g/mol. The third-order valence-electron chi connectivity index (χ3n) is 5.86. The van der Waals surface area contributed by atoms with Gasteiger partial charge in [-0.2, -0.15) is 0 Å². The molecule has 0 aliphatic rings. The second kappa shape index (κ2) is 10.1. The highest BCUT2D eigenvalue weighted by Gasteiger charge is 2.20. The quantitative estimate of drug-likeness (QED) is 0.166. The van der Waals surface area contributed by atoms with Crippen molar-refractivity contribution in [2.45, 2.75) is 32.3 Å². The zero-order valence-electron chi connectivity index (χ0n) is 19.6. The van der Waals surface area contributed by atoms with Gasteiger partial charge >= 0.3 is 0 Å². The summed E-state index contributed by atoms with van der Waals surface area (Å²) in [5, 5.41) is 15.0. The van der Waals surface area contributed by atoms with Crippen LogP contribution in [0.1, 0.15) is 23.6 Å². The number of amides is 1. The summed E-state index contributed by atoms with van der Waals surface area (Å²) in [6.45, 7) is 5.61. The van der Waals surface area contributed by atoms with Gasteiger partial charge in [0.15, 0.2) is 5.16 Å². The van der Waals surface area contributed by atoms with Crippen LogP contribution in [0.5, 0.6) is 0 Å². The summed E-state index contributed by atoms with van der Waals surface area (Å²) in [6.07, 6.45) is 0.872. The molecule has 35 heavy (non-hydrogen) atoms. The van der Waals surface area contributed by atoms with E-state index in [1.807, 2.05) is 31.2 Å². The Morgan fingerprint density at radius 1 is 1.09 bits per heavy atom. The molecular formula is C26H24N4O4S. The van der Waals surface area contributed by atoms with E-state index in [0.717, 1.165) is 29.3 Å². The molecule has 0 bridgehead atoms. The molecule has 0 aliphatic heterocycles. The number of hydrogen-bond donors (Lipinski definition) is 1. The second-order valence-corrected chi connectivity index (χ2v) is 9.01. The number of thioether (sulfide) groups is 1. The maximum Gasteiger partial charge on any atom is 0.293 e. The molecule has 0 aliphatic carbocycles. The molecule has 4 aromatic rings. The van der Waals surface area contributed by atoms with Crippen LogP contribution >= 0.6 is 11.8 Å². The first kappa shape index (κ1) is 24.2. The van der Waals surface area contributed by atoms with Crippen LogP contribution in [0.3, 0.4) is 0 Å². The van der Waals surface area contributed by atoms with E-state index >= 15 is 0 Å². The first-order valence-corrected chi connectivity index (χ1v) is 12.1. The van der Waals surface area contributed by atoms with Crippen molar-refractivity contribution in [3.8, 4) is 5.69 Å². The molecule has 9 heteroatoms. The minimum atomic E-state index is -0.516. The average Bonchev–Trinajstić information content (AvgIpc) is 2.85. The molecule has 0 unspecified atom stereocenters. The number of nitrogens with one attached hydrogen (secondary N) is 1. The number of anilines is 1. The zero-order valence-corrected chi connectivity index (χ0v) is 20.4. The second-order valence-electron chi connectivity index (χ2n) is 8.07. The number of nitrogens with zero attached hydrogens (tertiary/aromatic N) is 3. The molecule has 0 saturated heterocycles. The fourth-order valence-corrected chi connectivity index (χ4v) is 4.55. The van der Waals surface area contributed by atoms with E-state index in [4.69, 9.17) is 0 Å². The van der Waals surface area contributed by atoms with Gasteiger partial charge in [-0.05, 0) is 61.2 Å². The van der Waals surface area contributed by atoms with E-state index in [2.05, 4.69) is 17.2 Å². The first-order valence-electron chi connectivity index (χ1n) is 11.1. The number of benzene rings is 3. The van der Waals surface area contributed by atoms with Crippen LogP contribution in [-0.4, -0.2) is 26.1 Å². The molecule has 178 valence electrons. The third-order valence-corrected chi connectivity index (χ3v) is 6.79. The number of nitro benzene ring substituents is 1. The Hall–Kier alpha value is -3.98. The predicted molar refractivity (Wildman–Crippen MR) is 139 cm³/mol. The van der Waals surface area contributed by atoms with Crippen LogP contribution < -0.4 is 10.9 Å². The number of rotatable bonds is 7. The maximum atomic E-state index is 13.4. The van der Waals surface area contributed by atoms with Crippen molar-refractivity contribution in [3.05, 3.63) is 97.8 Å². The van der Waals surface area contributed by atoms with Crippen molar-refractivity contribution in [3.63, 3.8) is 0 Å². The highest BCUT2D eigenvalue weighted by atomic mass is 32.2. The number of carbonyl (C=O) groups excluding carboxylic acids is 1. The highest BCUT2D eigenvalue weighted by Crippen LogP contribution is 2.30. The molecule has 0 radical (unpaired) electrons. The van der Waals surface area contributed by atoms with Crippen LogP contribution in [0, 0.1) is 24.0 Å². The van der Waals surface area contributed by atoms with Gasteiger partial charge in [0.2, 0.25) is 5.91 Å². The van der Waals surface area contributed by atoms with Gasteiger partial charge in [0.25, 0.3) is 11.2 Å². The van der Waals surface area contributed by atoms with Crippen LogP contribution in [0.15, 0.2) is 70.6 Å². The zero-order chi connectivity index (χ0) is 25.1. The molecule has 1 aromatic heterocycles. The Morgan fingerprint density at radius 2 is 1.80 bits per heavy atom. The molecule has 1 heterocycles. The van der Waals surface area contributed by atoms with Gasteiger partial charge in [0.05, 0.1) is 27.3 Å². The standard InChI is InChI=1S/C26H24N4O4S/c1-4-18-10-12-19(13-11-18)29-25(32)20-7-5-6-8-21(20)27-26(29)35-15-23(31)28-24-17(3)16(2)9-14-22(24)30(33)34/h5-14H,4,15H2,1-3H3,(H,28,31). The van der Waals surface area contributed by atoms with Gasteiger partial charge in [-0.3, -0.25) is 24.3 Å². The Morgan fingerprint density at radius 3 is 2.49 bits per heavy atom. The molecule has 4 rings (SSSR count). The smallest absolute Gasteiger partial charge is 0.293 e. The van der Waals surface area contributed by atoms with Crippen LogP contribution in [0.25, 0.3) is 16.6 Å². The molecule has 8 nitrogen and oxygen atoms in total. The summed E-state index contributed by atoms with van der Waals surface area (Å²) in [4.78, 5) is 41.8. The summed E-state index contributed by atoms with van der Waals surface area (Å²) in [7, 11) is 0. The van der Waals surface area contributed by atoms with Crippen molar-refractivity contribution in [2.75, 3.05) is 11.1 Å². The topological polar surface area (TPSA) is 107 Å². The first-order chi connectivity index (χ1) is 16.8. The number of hydrogen-bond acceptors (Lipinski definition) is 6. The van der Waals surface area contributed by atoms with E-state index in [9.17, 15) is 19.7 Å². The molecule has 0 atom stereocenters. The SMILES string of the molecule is CCc1ccc(-n2c(SCC(=O)Nc3c([N+](=O)[O-])ccc(C)c3C)nc3ccccc3c2=O)cc1. The predicted octanol–water partition coefficient (Wildman–Crippen LogP) is 5.20. The maximum absolute atomic E-state index is 13.4. The van der Waals surface area contributed by atoms with Gasteiger partial charge < -0.3 is 5.32 Å². The van der Waals surface area contributed by atoms with Crippen molar-refractivity contribution in [2.24, 2.45) is 0 Å². The Kier molecular flexibility index (Phi) is 6.97. The lowest BCUT2D eigenvalue weighted by molar-refractivity contribution is -0.384. The molecule has 0 fully saturated rings. The molecular weight excluding hydrogens is 464 g/mol. The Balaban J connectivity index is 1.68. The molecule has 0 saturated carbocycles. The van der Waals surface area contributed by atoms with E-state index in [1.165, 1.54) is 10.6 Å². The van der Waals surface area contributed by atoms with Crippen molar-refractivity contribution < 1.29 is 9.72 Å². The van der Waals surface area contributed by atoms with Gasteiger partial charge in [-0.15, -0.1) is 0 Å².